The maximum absolute atomic E-state index is 11.7. The van der Waals surface area contributed by atoms with E-state index < -0.39 is 0 Å². The highest BCUT2D eigenvalue weighted by Gasteiger charge is 2.39. The molecule has 3 atom stereocenters. The van der Waals surface area contributed by atoms with Crippen molar-refractivity contribution in [2.45, 2.75) is 31.7 Å². The Labute approximate surface area is 167 Å². The molecule has 2 fully saturated rings. The molecule has 2 aromatic heterocycles. The van der Waals surface area contributed by atoms with Crippen molar-refractivity contribution in [3.8, 4) is 11.5 Å². The summed E-state index contributed by atoms with van der Waals surface area (Å²) in [5.74, 6) is 2.79. The van der Waals surface area contributed by atoms with Gasteiger partial charge in [-0.15, -0.1) is 0 Å². The van der Waals surface area contributed by atoms with Gasteiger partial charge in [0.05, 0.1) is 10.2 Å². The molecule has 7 heteroatoms. The van der Waals surface area contributed by atoms with Crippen molar-refractivity contribution in [1.82, 2.24) is 15.3 Å². The second kappa shape index (κ2) is 7.05. The fourth-order valence-electron chi connectivity index (χ4n) is 4.47. The zero-order valence-corrected chi connectivity index (χ0v) is 16.5. The SMILES string of the molecule is CNC(=O)c1cc(Oc2ccc3nc(N[C@@H]4C[C@H]5CC[C@@H]4C5)sc3c2)ccn1. The molecular weight excluding hydrogens is 372 g/mol. The van der Waals surface area contributed by atoms with E-state index in [9.17, 15) is 4.79 Å². The van der Waals surface area contributed by atoms with Crippen LogP contribution >= 0.6 is 11.3 Å². The molecule has 3 aromatic rings. The predicted molar refractivity (Wildman–Crippen MR) is 110 cm³/mol. The molecule has 0 radical (unpaired) electrons. The number of nitrogens with one attached hydrogen (secondary N) is 2. The first-order valence-electron chi connectivity index (χ1n) is 9.71. The number of nitrogens with zero attached hydrogens (tertiary/aromatic N) is 2. The normalized spacial score (nSPS) is 23.1. The Morgan fingerprint density at radius 2 is 2.07 bits per heavy atom. The Hall–Kier alpha value is -2.67. The van der Waals surface area contributed by atoms with Crippen molar-refractivity contribution in [2.75, 3.05) is 12.4 Å². The van der Waals surface area contributed by atoms with Crippen LogP contribution in [0.2, 0.25) is 0 Å². The summed E-state index contributed by atoms with van der Waals surface area (Å²) >= 11 is 1.67. The van der Waals surface area contributed by atoms with E-state index in [1.807, 2.05) is 18.2 Å². The lowest BCUT2D eigenvalue weighted by Gasteiger charge is -2.22. The Kier molecular flexibility index (Phi) is 4.39. The molecular formula is C21H22N4O2S. The van der Waals surface area contributed by atoms with Crippen LogP contribution in [0.3, 0.4) is 0 Å². The number of rotatable bonds is 5. The van der Waals surface area contributed by atoms with Crippen LogP contribution in [0.15, 0.2) is 36.5 Å². The number of fused-ring (bicyclic) bond motifs is 3. The van der Waals surface area contributed by atoms with Crippen LogP contribution < -0.4 is 15.4 Å². The van der Waals surface area contributed by atoms with Gasteiger partial charge < -0.3 is 15.4 Å². The molecule has 1 amide bonds. The lowest BCUT2D eigenvalue weighted by atomic mass is 9.96. The Morgan fingerprint density at radius 1 is 1.18 bits per heavy atom. The Morgan fingerprint density at radius 3 is 2.86 bits per heavy atom. The number of amides is 1. The van der Waals surface area contributed by atoms with E-state index in [-0.39, 0.29) is 5.91 Å². The van der Waals surface area contributed by atoms with E-state index in [2.05, 4.69) is 15.6 Å². The minimum absolute atomic E-state index is 0.236. The first-order chi connectivity index (χ1) is 13.7. The molecule has 0 saturated heterocycles. The van der Waals surface area contributed by atoms with Gasteiger partial charge in [0.2, 0.25) is 0 Å². The van der Waals surface area contributed by atoms with Crippen LogP contribution in [0.1, 0.15) is 36.2 Å². The molecule has 28 heavy (non-hydrogen) atoms. The summed E-state index contributed by atoms with van der Waals surface area (Å²) in [5.41, 5.74) is 1.31. The molecule has 2 heterocycles. The molecule has 0 spiro atoms. The summed E-state index contributed by atoms with van der Waals surface area (Å²) < 4.78 is 7.03. The van der Waals surface area contributed by atoms with Gasteiger partial charge in [-0.1, -0.05) is 17.8 Å². The van der Waals surface area contributed by atoms with Crippen LogP contribution in [0, 0.1) is 11.8 Å². The minimum Gasteiger partial charge on any atom is -0.457 e. The zero-order valence-electron chi connectivity index (χ0n) is 15.6. The summed E-state index contributed by atoms with van der Waals surface area (Å²) in [6.07, 6.45) is 6.99. The molecule has 144 valence electrons. The largest absolute Gasteiger partial charge is 0.457 e. The van der Waals surface area contributed by atoms with Crippen LogP contribution in [0.25, 0.3) is 10.2 Å². The number of carbonyl (C=O) groups is 1. The smallest absolute Gasteiger partial charge is 0.269 e. The number of thiazole rings is 1. The third-order valence-corrected chi connectivity index (χ3v) is 6.78. The van der Waals surface area contributed by atoms with Crippen molar-refractivity contribution < 1.29 is 9.53 Å². The van der Waals surface area contributed by atoms with E-state index in [4.69, 9.17) is 9.72 Å². The third-order valence-electron chi connectivity index (χ3n) is 5.83. The van der Waals surface area contributed by atoms with Gasteiger partial charge >= 0.3 is 0 Å². The number of pyridine rings is 1. The first kappa shape index (κ1) is 17.4. The highest BCUT2D eigenvalue weighted by molar-refractivity contribution is 7.22. The van der Waals surface area contributed by atoms with Gasteiger partial charge in [-0.3, -0.25) is 9.78 Å². The van der Waals surface area contributed by atoms with Gasteiger partial charge in [0.15, 0.2) is 5.13 Å². The monoisotopic (exact) mass is 394 g/mol. The Balaban J connectivity index is 1.33. The average Bonchev–Trinajstić information content (AvgIpc) is 3.42. The zero-order chi connectivity index (χ0) is 19.1. The van der Waals surface area contributed by atoms with E-state index in [0.717, 1.165) is 32.9 Å². The van der Waals surface area contributed by atoms with Gasteiger partial charge in [-0.2, -0.15) is 0 Å². The molecule has 2 bridgehead atoms. The van der Waals surface area contributed by atoms with E-state index in [1.54, 1.807) is 36.7 Å². The fourth-order valence-corrected chi connectivity index (χ4v) is 5.43. The van der Waals surface area contributed by atoms with Gasteiger partial charge in [0, 0.05) is 31.4 Å². The molecule has 0 unspecified atom stereocenters. The number of benzene rings is 1. The Bertz CT molecular complexity index is 1030. The third kappa shape index (κ3) is 3.30. The number of ether oxygens (including phenoxy) is 1. The van der Waals surface area contributed by atoms with Crippen molar-refractivity contribution in [1.29, 1.82) is 0 Å². The second-order valence-electron chi connectivity index (χ2n) is 7.63. The maximum Gasteiger partial charge on any atom is 0.269 e. The standard InChI is InChI=1S/C21H22N4O2S/c1-22-20(26)18-10-15(6-7-23-18)27-14-4-5-16-19(11-14)28-21(24-16)25-17-9-12-2-3-13(17)8-12/h4-7,10-13,17H,2-3,8-9H2,1H3,(H,22,26)(H,24,25)/t12-,13+,17+/m0/s1. The number of carbonyl (C=O) groups excluding carboxylic acids is 1. The number of aromatic nitrogens is 2. The van der Waals surface area contributed by atoms with Crippen molar-refractivity contribution in [2.24, 2.45) is 11.8 Å². The van der Waals surface area contributed by atoms with Crippen LogP contribution in [-0.2, 0) is 0 Å². The van der Waals surface area contributed by atoms with E-state index in [0.29, 0.717) is 17.5 Å². The number of hydrogen-bond acceptors (Lipinski definition) is 6. The summed E-state index contributed by atoms with van der Waals surface area (Å²) in [4.78, 5) is 20.5. The molecule has 5 rings (SSSR count). The predicted octanol–water partition coefficient (Wildman–Crippen LogP) is 4.44. The molecule has 6 nitrogen and oxygen atoms in total. The van der Waals surface area contributed by atoms with E-state index >= 15 is 0 Å². The summed E-state index contributed by atoms with van der Waals surface area (Å²) in [5, 5.41) is 7.24. The maximum atomic E-state index is 11.7. The van der Waals surface area contributed by atoms with Crippen LogP contribution in [0.4, 0.5) is 5.13 Å². The van der Waals surface area contributed by atoms with Crippen LogP contribution in [0.5, 0.6) is 11.5 Å². The number of anilines is 1. The average molecular weight is 395 g/mol. The fraction of sp³-hybridized carbons (Fsp3) is 0.381. The quantitative estimate of drug-likeness (QED) is 0.669. The van der Waals surface area contributed by atoms with Crippen molar-refractivity contribution >= 4 is 32.6 Å². The van der Waals surface area contributed by atoms with Crippen LogP contribution in [-0.4, -0.2) is 29.0 Å². The first-order valence-corrected chi connectivity index (χ1v) is 10.5. The van der Waals surface area contributed by atoms with Gasteiger partial charge in [-0.05, 0) is 49.3 Å². The van der Waals surface area contributed by atoms with E-state index in [1.165, 1.54) is 25.7 Å². The summed E-state index contributed by atoms with van der Waals surface area (Å²) in [7, 11) is 1.58. The molecule has 1 aromatic carbocycles. The second-order valence-corrected chi connectivity index (χ2v) is 8.66. The highest BCUT2D eigenvalue weighted by Crippen LogP contribution is 2.46. The minimum atomic E-state index is -0.236. The molecule has 2 saturated carbocycles. The van der Waals surface area contributed by atoms with Crippen molar-refractivity contribution in [3.05, 3.63) is 42.2 Å². The molecule has 2 aliphatic carbocycles. The molecule has 0 aliphatic heterocycles. The highest BCUT2D eigenvalue weighted by atomic mass is 32.1. The van der Waals surface area contributed by atoms with Gasteiger partial charge in [-0.25, -0.2) is 4.98 Å². The van der Waals surface area contributed by atoms with Gasteiger partial charge in [0.1, 0.15) is 17.2 Å². The van der Waals surface area contributed by atoms with Gasteiger partial charge in [0.25, 0.3) is 5.91 Å². The summed E-state index contributed by atoms with van der Waals surface area (Å²) in [6.45, 7) is 0. The molecule has 2 aliphatic rings. The summed E-state index contributed by atoms with van der Waals surface area (Å²) in [6, 6.07) is 9.84. The lowest BCUT2D eigenvalue weighted by Crippen LogP contribution is -2.25. The van der Waals surface area contributed by atoms with Crippen molar-refractivity contribution in [3.63, 3.8) is 0 Å². The number of hydrogen-bond donors (Lipinski definition) is 2. The molecule has 2 N–H and O–H groups in total. The topological polar surface area (TPSA) is 76.1 Å². The lowest BCUT2D eigenvalue weighted by molar-refractivity contribution is 0.0958.